The Morgan fingerprint density at radius 3 is 2.48 bits per heavy atom. The molecule has 2 aromatic rings. The average molecular weight is 432 g/mol. The highest BCUT2D eigenvalue weighted by atomic mass is 35.5. The lowest BCUT2D eigenvalue weighted by molar-refractivity contribution is 0.0955. The molecule has 1 fully saturated rings. The van der Waals surface area contributed by atoms with Gasteiger partial charge in [0.1, 0.15) is 0 Å². The van der Waals surface area contributed by atoms with Gasteiger partial charge in [0.15, 0.2) is 0 Å². The Hall–Kier alpha value is -2.48. The fourth-order valence-electron chi connectivity index (χ4n) is 3.01. The molecule has 1 amide bonds. The summed E-state index contributed by atoms with van der Waals surface area (Å²) in [6.07, 6.45) is 5.77. The molecule has 1 aliphatic rings. The largest absolute Gasteiger partial charge is 0.271 e. The van der Waals surface area contributed by atoms with E-state index < -0.39 is 15.9 Å². The topological polar surface area (TPSA) is 78.8 Å². The molecule has 1 N–H and O–H groups in total. The van der Waals surface area contributed by atoms with E-state index in [1.165, 1.54) is 22.7 Å². The van der Waals surface area contributed by atoms with Crippen LogP contribution < -0.4 is 5.43 Å². The summed E-state index contributed by atoms with van der Waals surface area (Å²) in [5, 5.41) is 4.19. The van der Waals surface area contributed by atoms with Gasteiger partial charge in [0.2, 0.25) is 10.0 Å². The summed E-state index contributed by atoms with van der Waals surface area (Å²) in [5.41, 5.74) is 3.49. The Kier molecular flexibility index (Phi) is 7.19. The van der Waals surface area contributed by atoms with Crippen LogP contribution in [0.25, 0.3) is 6.08 Å². The molecule has 0 spiro atoms. The predicted octanol–water partition coefficient (Wildman–Crippen LogP) is 3.86. The number of halogens is 1. The van der Waals surface area contributed by atoms with E-state index >= 15 is 0 Å². The van der Waals surface area contributed by atoms with Gasteiger partial charge in [-0.05, 0) is 42.7 Å². The summed E-state index contributed by atoms with van der Waals surface area (Å²) in [6.45, 7) is 1.02. The summed E-state index contributed by atoms with van der Waals surface area (Å²) in [4.78, 5) is 12.5. The molecule has 0 aromatic heterocycles. The van der Waals surface area contributed by atoms with Gasteiger partial charge in [-0.2, -0.15) is 9.41 Å². The van der Waals surface area contributed by atoms with Crippen LogP contribution in [0.5, 0.6) is 0 Å². The van der Waals surface area contributed by atoms with Crippen molar-refractivity contribution < 1.29 is 13.2 Å². The van der Waals surface area contributed by atoms with E-state index in [1.807, 2.05) is 30.3 Å². The number of nitrogens with one attached hydrogen (secondary N) is 1. The van der Waals surface area contributed by atoms with Crippen molar-refractivity contribution in [2.24, 2.45) is 5.10 Å². The zero-order valence-corrected chi connectivity index (χ0v) is 17.4. The molecule has 1 aliphatic heterocycles. The van der Waals surface area contributed by atoms with Crippen molar-refractivity contribution in [2.75, 3.05) is 13.1 Å². The van der Waals surface area contributed by atoms with E-state index in [2.05, 4.69) is 10.5 Å². The monoisotopic (exact) mass is 431 g/mol. The zero-order chi connectivity index (χ0) is 20.7. The molecular weight excluding hydrogens is 410 g/mol. The van der Waals surface area contributed by atoms with Crippen molar-refractivity contribution >= 4 is 39.8 Å². The highest BCUT2D eigenvalue weighted by Crippen LogP contribution is 2.21. The van der Waals surface area contributed by atoms with Crippen molar-refractivity contribution in [2.45, 2.75) is 24.2 Å². The maximum Gasteiger partial charge on any atom is 0.271 e. The highest BCUT2D eigenvalue weighted by molar-refractivity contribution is 7.89. The number of nitrogens with zero attached hydrogens (tertiary/aromatic N) is 2. The van der Waals surface area contributed by atoms with Crippen molar-refractivity contribution in [3.05, 3.63) is 70.8 Å². The van der Waals surface area contributed by atoms with Crippen LogP contribution in [0.2, 0.25) is 0 Å². The molecule has 2 aromatic carbocycles. The van der Waals surface area contributed by atoms with E-state index in [-0.39, 0.29) is 10.5 Å². The highest BCUT2D eigenvalue weighted by Gasteiger charge is 2.26. The van der Waals surface area contributed by atoms with E-state index in [1.54, 1.807) is 18.2 Å². The number of hydrazone groups is 1. The summed E-state index contributed by atoms with van der Waals surface area (Å²) < 4.78 is 27.0. The first-order valence-corrected chi connectivity index (χ1v) is 11.1. The van der Waals surface area contributed by atoms with Gasteiger partial charge >= 0.3 is 0 Å². The van der Waals surface area contributed by atoms with Crippen molar-refractivity contribution in [3.63, 3.8) is 0 Å². The van der Waals surface area contributed by atoms with Crippen molar-refractivity contribution in [1.82, 2.24) is 9.73 Å². The molecule has 1 heterocycles. The van der Waals surface area contributed by atoms with E-state index in [0.29, 0.717) is 18.1 Å². The minimum atomic E-state index is -3.60. The molecule has 0 aliphatic carbocycles. The Morgan fingerprint density at radius 2 is 1.76 bits per heavy atom. The van der Waals surface area contributed by atoms with Gasteiger partial charge in [-0.1, -0.05) is 54.4 Å². The van der Waals surface area contributed by atoms with Crippen LogP contribution in [0.15, 0.2) is 69.6 Å². The Labute approximate surface area is 175 Å². The van der Waals surface area contributed by atoms with Gasteiger partial charge in [0, 0.05) is 18.7 Å². The third kappa shape index (κ3) is 5.76. The molecule has 29 heavy (non-hydrogen) atoms. The fraction of sp³-hybridized carbons (Fsp3) is 0.238. The van der Waals surface area contributed by atoms with Gasteiger partial charge in [0.25, 0.3) is 5.91 Å². The quantitative estimate of drug-likeness (QED) is 0.557. The number of carbonyl (C=O) groups excluding carboxylic acids is 1. The minimum absolute atomic E-state index is 0.109. The smallest absolute Gasteiger partial charge is 0.267 e. The minimum Gasteiger partial charge on any atom is -0.267 e. The third-order valence-corrected chi connectivity index (χ3v) is 6.61. The van der Waals surface area contributed by atoms with Gasteiger partial charge in [-0.25, -0.2) is 13.8 Å². The molecule has 0 unspecified atom stereocenters. The molecular formula is C21H22ClN3O3S. The van der Waals surface area contributed by atoms with Crippen LogP contribution in [0.1, 0.15) is 35.2 Å². The zero-order valence-electron chi connectivity index (χ0n) is 15.8. The lowest BCUT2D eigenvalue weighted by Crippen LogP contribution is -2.35. The average Bonchev–Trinajstić information content (AvgIpc) is 2.75. The molecule has 1 saturated heterocycles. The standard InChI is InChI=1S/C21H22ClN3O3S/c22-19(14-17-8-3-1-4-9-17)16-23-24-21(26)18-10-7-11-20(15-18)29(27,28)25-12-5-2-6-13-25/h1,3-4,7-11,14-16H,2,5-6,12-13H2,(H,24,26)/b19-14+,23-16+. The number of rotatable bonds is 6. The second-order valence-electron chi connectivity index (χ2n) is 6.63. The first kappa shape index (κ1) is 21.2. The number of hydrogen-bond donors (Lipinski definition) is 1. The fourth-order valence-corrected chi connectivity index (χ4v) is 4.75. The molecule has 0 bridgehead atoms. The van der Waals surface area contributed by atoms with E-state index in [4.69, 9.17) is 11.6 Å². The Balaban J connectivity index is 1.67. The van der Waals surface area contributed by atoms with E-state index in [0.717, 1.165) is 24.8 Å². The lowest BCUT2D eigenvalue weighted by atomic mass is 10.2. The molecule has 8 heteroatoms. The Morgan fingerprint density at radius 1 is 1.03 bits per heavy atom. The first-order valence-electron chi connectivity index (χ1n) is 9.33. The van der Waals surface area contributed by atoms with Crippen LogP contribution in [-0.4, -0.2) is 37.9 Å². The lowest BCUT2D eigenvalue weighted by Gasteiger charge is -2.25. The van der Waals surface area contributed by atoms with E-state index in [9.17, 15) is 13.2 Å². The maximum absolute atomic E-state index is 12.8. The number of piperidine rings is 1. The molecule has 152 valence electrons. The molecule has 0 atom stereocenters. The summed E-state index contributed by atoms with van der Waals surface area (Å²) in [6, 6.07) is 15.4. The van der Waals surface area contributed by atoms with Crippen molar-refractivity contribution in [1.29, 1.82) is 0 Å². The van der Waals surface area contributed by atoms with Crippen LogP contribution in [0.4, 0.5) is 0 Å². The first-order chi connectivity index (χ1) is 14.0. The SMILES string of the molecule is O=C(N/N=C/C(Cl)=C\c1ccccc1)c1cccc(S(=O)(=O)N2CCCCC2)c1. The van der Waals surface area contributed by atoms with Gasteiger partial charge in [0.05, 0.1) is 16.1 Å². The number of carbonyl (C=O) groups is 1. The molecule has 0 radical (unpaired) electrons. The van der Waals surface area contributed by atoms with Crippen LogP contribution in [-0.2, 0) is 10.0 Å². The van der Waals surface area contributed by atoms with Crippen LogP contribution >= 0.6 is 11.6 Å². The van der Waals surface area contributed by atoms with Gasteiger partial charge in [-0.3, -0.25) is 4.79 Å². The van der Waals surface area contributed by atoms with Gasteiger partial charge in [-0.15, -0.1) is 0 Å². The molecule has 0 saturated carbocycles. The Bertz CT molecular complexity index is 1010. The van der Waals surface area contributed by atoms with Crippen molar-refractivity contribution in [3.8, 4) is 0 Å². The number of hydrogen-bond acceptors (Lipinski definition) is 4. The number of sulfonamides is 1. The summed E-state index contributed by atoms with van der Waals surface area (Å²) in [5.74, 6) is -0.513. The second-order valence-corrected chi connectivity index (χ2v) is 9.01. The van der Waals surface area contributed by atoms with Crippen LogP contribution in [0, 0.1) is 0 Å². The molecule has 3 rings (SSSR count). The maximum atomic E-state index is 12.8. The van der Waals surface area contributed by atoms with Gasteiger partial charge < -0.3 is 0 Å². The number of allylic oxidation sites excluding steroid dienone is 1. The van der Waals surface area contributed by atoms with Crippen LogP contribution in [0.3, 0.4) is 0 Å². The summed E-state index contributed by atoms with van der Waals surface area (Å²) >= 11 is 6.09. The predicted molar refractivity (Wildman–Crippen MR) is 115 cm³/mol. The normalized spacial score (nSPS) is 16.1. The third-order valence-electron chi connectivity index (χ3n) is 4.51. The summed E-state index contributed by atoms with van der Waals surface area (Å²) in [7, 11) is -3.60. The number of benzene rings is 2. The molecule has 6 nitrogen and oxygen atoms in total. The second kappa shape index (κ2) is 9.82. The number of amides is 1.